The summed E-state index contributed by atoms with van der Waals surface area (Å²) in [4.78, 5) is 29.8. The maximum absolute atomic E-state index is 12.1. The lowest BCUT2D eigenvalue weighted by Gasteiger charge is -2.10. The number of pyridine rings is 1. The largest absolute Gasteiger partial charge is 0.339 e. The number of thioether (sulfide) groups is 1. The SMILES string of the molecule is CN(C)C(=O)Sc1ccc(NC(=O)c2ccnc(Cl)c2)cc1. The number of benzene rings is 1. The van der Waals surface area contributed by atoms with E-state index in [0.717, 1.165) is 16.7 Å². The molecule has 2 amide bonds. The molecule has 0 bridgehead atoms. The molecule has 22 heavy (non-hydrogen) atoms. The van der Waals surface area contributed by atoms with E-state index in [1.165, 1.54) is 17.2 Å². The molecule has 0 unspecified atom stereocenters. The predicted molar refractivity (Wildman–Crippen MR) is 88.6 cm³/mol. The summed E-state index contributed by atoms with van der Waals surface area (Å²) >= 11 is 6.88. The Morgan fingerprint density at radius 1 is 1.18 bits per heavy atom. The molecule has 0 fully saturated rings. The van der Waals surface area contributed by atoms with Crippen LogP contribution < -0.4 is 5.32 Å². The molecule has 114 valence electrons. The van der Waals surface area contributed by atoms with Crippen molar-refractivity contribution in [3.8, 4) is 0 Å². The fourth-order valence-corrected chi connectivity index (χ4v) is 2.38. The van der Waals surface area contributed by atoms with Crippen molar-refractivity contribution >= 4 is 40.2 Å². The van der Waals surface area contributed by atoms with Gasteiger partial charge in [0.05, 0.1) is 0 Å². The number of rotatable bonds is 3. The number of nitrogens with one attached hydrogen (secondary N) is 1. The lowest BCUT2D eigenvalue weighted by Crippen LogP contribution is -2.16. The molecule has 2 rings (SSSR count). The Morgan fingerprint density at radius 3 is 2.45 bits per heavy atom. The molecule has 0 spiro atoms. The van der Waals surface area contributed by atoms with E-state index in [2.05, 4.69) is 10.3 Å². The van der Waals surface area contributed by atoms with E-state index in [-0.39, 0.29) is 16.3 Å². The van der Waals surface area contributed by atoms with Crippen LogP contribution in [0.25, 0.3) is 0 Å². The Bertz CT molecular complexity index is 689. The molecular formula is C15H14ClN3O2S. The minimum absolute atomic E-state index is 0.0526. The number of amides is 2. The third-order valence-corrected chi connectivity index (χ3v) is 3.93. The fraction of sp³-hybridized carbons (Fsp3) is 0.133. The van der Waals surface area contributed by atoms with Gasteiger partial charge in [0.2, 0.25) is 0 Å². The summed E-state index contributed by atoms with van der Waals surface area (Å²) in [6, 6.07) is 10.1. The van der Waals surface area contributed by atoms with Crippen molar-refractivity contribution < 1.29 is 9.59 Å². The van der Waals surface area contributed by atoms with Gasteiger partial charge in [-0.1, -0.05) is 11.6 Å². The highest BCUT2D eigenvalue weighted by molar-refractivity contribution is 8.13. The van der Waals surface area contributed by atoms with Crippen molar-refractivity contribution in [1.29, 1.82) is 0 Å². The Labute approximate surface area is 137 Å². The van der Waals surface area contributed by atoms with Gasteiger partial charge in [-0.25, -0.2) is 4.98 Å². The Kier molecular flexibility index (Phi) is 5.41. The molecule has 7 heteroatoms. The van der Waals surface area contributed by atoms with Crippen LogP contribution in [-0.4, -0.2) is 35.1 Å². The molecular weight excluding hydrogens is 322 g/mol. The monoisotopic (exact) mass is 335 g/mol. The first-order valence-electron chi connectivity index (χ1n) is 6.38. The van der Waals surface area contributed by atoms with Crippen molar-refractivity contribution in [1.82, 2.24) is 9.88 Å². The van der Waals surface area contributed by atoms with Crippen molar-refractivity contribution in [3.63, 3.8) is 0 Å². The van der Waals surface area contributed by atoms with Gasteiger partial charge in [0.15, 0.2) is 0 Å². The number of carbonyl (C=O) groups is 2. The van der Waals surface area contributed by atoms with E-state index in [1.54, 1.807) is 44.4 Å². The van der Waals surface area contributed by atoms with E-state index < -0.39 is 0 Å². The molecule has 1 aromatic heterocycles. The van der Waals surface area contributed by atoms with Crippen molar-refractivity contribution in [2.45, 2.75) is 4.90 Å². The van der Waals surface area contributed by atoms with Crippen LogP contribution in [0, 0.1) is 0 Å². The summed E-state index contributed by atoms with van der Waals surface area (Å²) in [7, 11) is 3.40. The lowest BCUT2D eigenvalue weighted by molar-refractivity contribution is 0.102. The Morgan fingerprint density at radius 2 is 1.86 bits per heavy atom. The van der Waals surface area contributed by atoms with Crippen molar-refractivity contribution in [3.05, 3.63) is 53.3 Å². The smallest absolute Gasteiger partial charge is 0.285 e. The Balaban J connectivity index is 2.02. The van der Waals surface area contributed by atoms with Gasteiger partial charge in [-0.2, -0.15) is 0 Å². The first kappa shape index (κ1) is 16.3. The van der Waals surface area contributed by atoms with Gasteiger partial charge in [-0.3, -0.25) is 9.59 Å². The number of halogens is 1. The number of anilines is 1. The average molecular weight is 336 g/mol. The van der Waals surface area contributed by atoms with Crippen LogP contribution in [0.15, 0.2) is 47.5 Å². The molecule has 0 aliphatic carbocycles. The third kappa shape index (κ3) is 4.47. The van der Waals surface area contributed by atoms with Crippen LogP contribution >= 0.6 is 23.4 Å². The lowest BCUT2D eigenvalue weighted by atomic mass is 10.2. The molecule has 0 saturated heterocycles. The molecule has 1 N–H and O–H groups in total. The fourth-order valence-electron chi connectivity index (χ4n) is 1.55. The molecule has 5 nitrogen and oxygen atoms in total. The molecule has 0 radical (unpaired) electrons. The van der Waals surface area contributed by atoms with Gasteiger partial charge in [0.25, 0.3) is 11.1 Å². The van der Waals surface area contributed by atoms with E-state index in [0.29, 0.717) is 11.3 Å². The zero-order valence-corrected chi connectivity index (χ0v) is 13.6. The summed E-state index contributed by atoms with van der Waals surface area (Å²) in [5, 5.41) is 2.97. The molecule has 1 heterocycles. The minimum atomic E-state index is -0.269. The quantitative estimate of drug-likeness (QED) is 0.685. The molecule has 0 atom stereocenters. The molecule has 0 aliphatic heterocycles. The van der Waals surface area contributed by atoms with Gasteiger partial charge in [-0.15, -0.1) is 0 Å². The minimum Gasteiger partial charge on any atom is -0.339 e. The number of aromatic nitrogens is 1. The van der Waals surface area contributed by atoms with Crippen LogP contribution in [0.2, 0.25) is 5.15 Å². The summed E-state index contributed by atoms with van der Waals surface area (Å²) in [5.74, 6) is -0.269. The third-order valence-electron chi connectivity index (χ3n) is 2.67. The molecule has 0 saturated carbocycles. The standard InChI is InChI=1S/C15H14ClN3O2S/c1-19(2)15(21)22-12-5-3-11(4-6-12)18-14(20)10-7-8-17-13(16)9-10/h3-9H,1-2H3,(H,18,20). The van der Waals surface area contributed by atoms with E-state index in [4.69, 9.17) is 11.6 Å². The highest BCUT2D eigenvalue weighted by Crippen LogP contribution is 2.22. The van der Waals surface area contributed by atoms with Crippen LogP contribution in [0.1, 0.15) is 10.4 Å². The summed E-state index contributed by atoms with van der Waals surface area (Å²) in [6.45, 7) is 0. The second-order valence-corrected chi connectivity index (χ2v) is 6.02. The highest BCUT2D eigenvalue weighted by Gasteiger charge is 2.09. The summed E-state index contributed by atoms with van der Waals surface area (Å²) in [5.41, 5.74) is 1.07. The molecule has 0 aliphatic rings. The maximum Gasteiger partial charge on any atom is 0.285 e. The zero-order chi connectivity index (χ0) is 16.1. The van der Waals surface area contributed by atoms with Gasteiger partial charge >= 0.3 is 0 Å². The van der Waals surface area contributed by atoms with Crippen molar-refractivity contribution in [2.24, 2.45) is 0 Å². The van der Waals surface area contributed by atoms with Crippen LogP contribution in [0.5, 0.6) is 0 Å². The van der Waals surface area contributed by atoms with Crippen LogP contribution in [0.3, 0.4) is 0 Å². The number of carbonyl (C=O) groups excluding carboxylic acids is 2. The zero-order valence-electron chi connectivity index (χ0n) is 12.0. The summed E-state index contributed by atoms with van der Waals surface area (Å²) in [6.07, 6.45) is 1.48. The highest BCUT2D eigenvalue weighted by atomic mass is 35.5. The number of hydrogen-bond acceptors (Lipinski definition) is 4. The topological polar surface area (TPSA) is 62.3 Å². The number of hydrogen-bond donors (Lipinski definition) is 1. The van der Waals surface area contributed by atoms with E-state index >= 15 is 0 Å². The van der Waals surface area contributed by atoms with Gasteiger partial charge < -0.3 is 10.2 Å². The second-order valence-electron chi connectivity index (χ2n) is 4.61. The van der Waals surface area contributed by atoms with Gasteiger partial charge in [0, 0.05) is 36.4 Å². The average Bonchev–Trinajstić information content (AvgIpc) is 2.49. The van der Waals surface area contributed by atoms with Crippen molar-refractivity contribution in [2.75, 3.05) is 19.4 Å². The predicted octanol–water partition coefficient (Wildman–Crippen LogP) is 3.76. The second kappa shape index (κ2) is 7.29. The van der Waals surface area contributed by atoms with Crippen LogP contribution in [0.4, 0.5) is 10.5 Å². The molecule has 1 aromatic carbocycles. The maximum atomic E-state index is 12.1. The van der Waals surface area contributed by atoms with E-state index in [9.17, 15) is 9.59 Å². The number of nitrogens with zero attached hydrogens (tertiary/aromatic N) is 2. The summed E-state index contributed by atoms with van der Waals surface area (Å²) < 4.78 is 0. The first-order valence-corrected chi connectivity index (χ1v) is 7.57. The first-order chi connectivity index (χ1) is 10.5. The Hall–Kier alpha value is -2.05. The van der Waals surface area contributed by atoms with Gasteiger partial charge in [0.1, 0.15) is 5.15 Å². The normalized spacial score (nSPS) is 10.1. The van der Waals surface area contributed by atoms with E-state index in [1.807, 2.05) is 0 Å². The molecule has 2 aromatic rings. The van der Waals surface area contributed by atoms with Gasteiger partial charge in [-0.05, 0) is 48.2 Å². The van der Waals surface area contributed by atoms with Crippen LogP contribution in [-0.2, 0) is 0 Å².